The minimum atomic E-state index is -0.0698. The number of amides is 1. The lowest BCUT2D eigenvalue weighted by atomic mass is 10.0. The molecule has 1 atom stereocenters. The number of aryl methyl sites for hydroxylation is 1. The number of fused-ring (bicyclic) bond motifs is 1. The molecule has 0 bridgehead atoms. The Kier molecular flexibility index (Phi) is 4.88. The molecule has 1 unspecified atom stereocenters. The Morgan fingerprint density at radius 2 is 2.20 bits per heavy atom. The zero-order chi connectivity index (χ0) is 14.5. The summed E-state index contributed by atoms with van der Waals surface area (Å²) in [6, 6.07) is 6.16. The molecule has 110 valence electrons. The number of rotatable bonds is 5. The van der Waals surface area contributed by atoms with Crippen LogP contribution in [0.4, 0.5) is 5.69 Å². The number of carbonyl (C=O) groups is 1. The van der Waals surface area contributed by atoms with Crippen LogP contribution in [0.3, 0.4) is 0 Å². The third-order valence-electron chi connectivity index (χ3n) is 3.78. The molecule has 4 heteroatoms. The molecule has 1 amide bonds. The number of hydrogen-bond donors (Lipinski definition) is 2. The van der Waals surface area contributed by atoms with Crippen molar-refractivity contribution in [3.8, 4) is 5.75 Å². The topological polar surface area (TPSA) is 50.4 Å². The molecule has 2 rings (SSSR count). The monoisotopic (exact) mass is 276 g/mol. The summed E-state index contributed by atoms with van der Waals surface area (Å²) >= 11 is 0. The molecule has 1 aliphatic rings. The average molecular weight is 276 g/mol. The number of para-hydroxylation sites is 1. The maximum Gasteiger partial charge on any atom is 0.258 e. The number of nitrogens with one attached hydrogen (secondary N) is 2. The fourth-order valence-electron chi connectivity index (χ4n) is 2.20. The second-order valence-corrected chi connectivity index (χ2v) is 5.71. The van der Waals surface area contributed by atoms with E-state index in [0.29, 0.717) is 5.92 Å². The predicted molar refractivity (Wildman–Crippen MR) is 81.2 cm³/mol. The van der Waals surface area contributed by atoms with Crippen LogP contribution in [-0.2, 0) is 11.2 Å². The van der Waals surface area contributed by atoms with E-state index in [0.717, 1.165) is 30.8 Å². The van der Waals surface area contributed by atoms with Crippen LogP contribution in [-0.4, -0.2) is 25.1 Å². The van der Waals surface area contributed by atoms with Crippen LogP contribution < -0.4 is 15.4 Å². The van der Waals surface area contributed by atoms with E-state index in [-0.39, 0.29) is 18.6 Å². The van der Waals surface area contributed by atoms with E-state index >= 15 is 0 Å². The van der Waals surface area contributed by atoms with Crippen molar-refractivity contribution in [1.82, 2.24) is 5.32 Å². The third-order valence-corrected chi connectivity index (χ3v) is 3.78. The largest absolute Gasteiger partial charge is 0.482 e. The second-order valence-electron chi connectivity index (χ2n) is 5.71. The number of anilines is 1. The van der Waals surface area contributed by atoms with Crippen molar-refractivity contribution in [3.63, 3.8) is 0 Å². The Bertz CT molecular complexity index is 472. The first-order chi connectivity index (χ1) is 9.58. The van der Waals surface area contributed by atoms with E-state index in [2.05, 4.69) is 30.5 Å². The van der Waals surface area contributed by atoms with E-state index in [4.69, 9.17) is 4.74 Å². The second kappa shape index (κ2) is 6.64. The van der Waals surface area contributed by atoms with E-state index < -0.39 is 0 Å². The van der Waals surface area contributed by atoms with Gasteiger partial charge in [-0.25, -0.2) is 0 Å². The summed E-state index contributed by atoms with van der Waals surface area (Å²) in [7, 11) is 0. The van der Waals surface area contributed by atoms with Gasteiger partial charge < -0.3 is 15.4 Å². The molecule has 1 aliphatic heterocycles. The summed E-state index contributed by atoms with van der Waals surface area (Å²) in [5.41, 5.74) is 2.31. The van der Waals surface area contributed by atoms with Crippen LogP contribution in [0.2, 0.25) is 0 Å². The molecule has 20 heavy (non-hydrogen) atoms. The Balaban J connectivity index is 1.93. The zero-order valence-electron chi connectivity index (χ0n) is 12.5. The van der Waals surface area contributed by atoms with Crippen molar-refractivity contribution >= 4 is 11.6 Å². The Morgan fingerprint density at radius 1 is 1.40 bits per heavy atom. The minimum Gasteiger partial charge on any atom is -0.482 e. The van der Waals surface area contributed by atoms with Gasteiger partial charge in [0.1, 0.15) is 5.75 Å². The van der Waals surface area contributed by atoms with E-state index in [1.807, 2.05) is 19.1 Å². The highest BCUT2D eigenvalue weighted by atomic mass is 16.5. The lowest BCUT2D eigenvalue weighted by molar-refractivity contribution is -0.123. The predicted octanol–water partition coefficient (Wildman–Crippen LogP) is 2.58. The molecule has 2 N–H and O–H groups in total. The van der Waals surface area contributed by atoms with Crippen LogP contribution in [0.5, 0.6) is 5.75 Å². The average Bonchev–Trinajstić information content (AvgIpc) is 2.44. The lowest BCUT2D eigenvalue weighted by Gasteiger charge is -2.22. The summed E-state index contributed by atoms with van der Waals surface area (Å²) < 4.78 is 5.67. The van der Waals surface area contributed by atoms with Gasteiger partial charge in [-0.3, -0.25) is 4.79 Å². The number of ether oxygens (including phenoxy) is 1. The highest BCUT2D eigenvalue weighted by Gasteiger charge is 2.15. The van der Waals surface area contributed by atoms with E-state index in [1.54, 1.807) is 0 Å². The van der Waals surface area contributed by atoms with Crippen LogP contribution in [0.15, 0.2) is 18.2 Å². The van der Waals surface area contributed by atoms with E-state index in [1.165, 1.54) is 5.56 Å². The van der Waals surface area contributed by atoms with Gasteiger partial charge >= 0.3 is 0 Å². The molecular formula is C16H24N2O2. The molecular weight excluding hydrogens is 252 g/mol. The Labute approximate surface area is 120 Å². The fourth-order valence-corrected chi connectivity index (χ4v) is 2.20. The highest BCUT2D eigenvalue weighted by Crippen LogP contribution is 2.31. The molecule has 1 aromatic rings. The quantitative estimate of drug-likeness (QED) is 0.869. The SMILES string of the molecule is CC(C)C(C)NC(=O)COc1cccc2c1NCCC2. The number of carbonyl (C=O) groups excluding carboxylic acids is 1. The summed E-state index contributed by atoms with van der Waals surface area (Å²) in [6.45, 7) is 7.21. The molecule has 0 fully saturated rings. The molecule has 0 aromatic heterocycles. The highest BCUT2D eigenvalue weighted by molar-refractivity contribution is 5.78. The molecule has 0 spiro atoms. The molecule has 0 saturated heterocycles. The maximum atomic E-state index is 11.8. The first-order valence-electron chi connectivity index (χ1n) is 7.36. The Morgan fingerprint density at radius 3 is 2.95 bits per heavy atom. The summed E-state index contributed by atoms with van der Waals surface area (Å²) in [6.07, 6.45) is 2.21. The van der Waals surface area contributed by atoms with Crippen LogP contribution in [0, 0.1) is 5.92 Å². The first kappa shape index (κ1) is 14.7. The van der Waals surface area contributed by atoms with Gasteiger partial charge in [0, 0.05) is 12.6 Å². The smallest absolute Gasteiger partial charge is 0.258 e. The molecule has 0 aliphatic carbocycles. The van der Waals surface area contributed by atoms with Gasteiger partial charge in [-0.15, -0.1) is 0 Å². The van der Waals surface area contributed by atoms with Gasteiger partial charge in [0.15, 0.2) is 6.61 Å². The van der Waals surface area contributed by atoms with Crippen molar-refractivity contribution in [2.75, 3.05) is 18.5 Å². The number of benzene rings is 1. The van der Waals surface area contributed by atoms with Crippen molar-refractivity contribution in [2.45, 2.75) is 39.7 Å². The van der Waals surface area contributed by atoms with Crippen molar-refractivity contribution in [1.29, 1.82) is 0 Å². The molecule has 1 aromatic carbocycles. The molecule has 0 radical (unpaired) electrons. The van der Waals surface area contributed by atoms with Gasteiger partial charge in [-0.05, 0) is 37.3 Å². The minimum absolute atomic E-state index is 0.0647. The lowest BCUT2D eigenvalue weighted by Crippen LogP contribution is -2.39. The van der Waals surface area contributed by atoms with Gasteiger partial charge in [-0.2, -0.15) is 0 Å². The van der Waals surface area contributed by atoms with Crippen molar-refractivity contribution < 1.29 is 9.53 Å². The Hall–Kier alpha value is -1.71. The maximum absolute atomic E-state index is 11.8. The zero-order valence-corrected chi connectivity index (χ0v) is 12.5. The molecule has 1 heterocycles. The summed E-state index contributed by atoms with van der Waals surface area (Å²) in [4.78, 5) is 11.8. The molecule has 4 nitrogen and oxygen atoms in total. The standard InChI is InChI=1S/C16H24N2O2/c1-11(2)12(3)18-15(19)10-20-14-8-4-6-13-7-5-9-17-16(13)14/h4,6,8,11-12,17H,5,7,9-10H2,1-3H3,(H,18,19). The van der Waals surface area contributed by atoms with E-state index in [9.17, 15) is 4.79 Å². The normalized spacial score (nSPS) is 15.2. The van der Waals surface area contributed by atoms with Gasteiger partial charge in [-0.1, -0.05) is 26.0 Å². The van der Waals surface area contributed by atoms with Crippen LogP contribution in [0.25, 0.3) is 0 Å². The van der Waals surface area contributed by atoms with Crippen LogP contribution >= 0.6 is 0 Å². The summed E-state index contributed by atoms with van der Waals surface area (Å²) in [5.74, 6) is 1.12. The third kappa shape index (κ3) is 3.65. The number of hydrogen-bond acceptors (Lipinski definition) is 3. The van der Waals surface area contributed by atoms with Crippen LogP contribution in [0.1, 0.15) is 32.8 Å². The van der Waals surface area contributed by atoms with Gasteiger partial charge in [0.25, 0.3) is 5.91 Å². The first-order valence-corrected chi connectivity index (χ1v) is 7.36. The molecule has 0 saturated carbocycles. The summed E-state index contributed by atoms with van der Waals surface area (Å²) in [5, 5.41) is 6.30. The van der Waals surface area contributed by atoms with Crippen molar-refractivity contribution in [3.05, 3.63) is 23.8 Å². The van der Waals surface area contributed by atoms with Gasteiger partial charge in [0.05, 0.1) is 5.69 Å². The fraction of sp³-hybridized carbons (Fsp3) is 0.562. The van der Waals surface area contributed by atoms with Crippen molar-refractivity contribution in [2.24, 2.45) is 5.92 Å². The van der Waals surface area contributed by atoms with Gasteiger partial charge in [0.2, 0.25) is 0 Å².